The van der Waals surface area contributed by atoms with Crippen molar-refractivity contribution in [2.24, 2.45) is 0 Å². The lowest BCUT2D eigenvalue weighted by molar-refractivity contribution is 0.557. The molecule has 0 aliphatic carbocycles. The van der Waals surface area contributed by atoms with Crippen molar-refractivity contribution in [1.82, 2.24) is 0 Å². The van der Waals surface area contributed by atoms with E-state index < -0.39 is 0 Å². The fraction of sp³-hybridized carbons (Fsp3) is 0.857. The highest BCUT2D eigenvalue weighted by Crippen LogP contribution is 2.11. The molecule has 0 spiro atoms. The minimum absolute atomic E-state index is 1.21. The summed E-state index contributed by atoms with van der Waals surface area (Å²) in [7, 11) is 0. The third kappa shape index (κ3) is 14.1. The van der Waals surface area contributed by atoms with Gasteiger partial charge in [-0.05, 0) is 18.2 Å². The standard InChI is InChI=1S/C14H28S/c1-2-3-4-5-6-7-8-9-10-11-12-13-14-15/h13-15H,2-12H2,1H3. The van der Waals surface area contributed by atoms with Crippen LogP contribution in [-0.2, 0) is 0 Å². The van der Waals surface area contributed by atoms with Gasteiger partial charge in [-0.1, -0.05) is 70.8 Å². The van der Waals surface area contributed by atoms with E-state index in [0.29, 0.717) is 0 Å². The average Bonchev–Trinajstić information content (AvgIpc) is 2.26. The summed E-state index contributed by atoms with van der Waals surface area (Å²) in [6, 6.07) is 0. The molecule has 0 saturated carbocycles. The molecule has 0 aromatic carbocycles. The number of hydrogen-bond donors (Lipinski definition) is 1. The quantitative estimate of drug-likeness (QED) is 0.338. The summed E-state index contributed by atoms with van der Waals surface area (Å²) in [6.45, 7) is 2.28. The summed E-state index contributed by atoms with van der Waals surface area (Å²) in [5.74, 6) is 0. The van der Waals surface area contributed by atoms with Crippen molar-refractivity contribution in [2.75, 3.05) is 0 Å². The van der Waals surface area contributed by atoms with Crippen LogP contribution in [-0.4, -0.2) is 0 Å². The number of unbranched alkanes of at least 4 members (excludes halogenated alkanes) is 10. The monoisotopic (exact) mass is 228 g/mol. The maximum absolute atomic E-state index is 4.04. The first-order valence-electron chi connectivity index (χ1n) is 6.71. The molecule has 0 fully saturated rings. The van der Waals surface area contributed by atoms with Gasteiger partial charge in [0.2, 0.25) is 0 Å². The zero-order valence-corrected chi connectivity index (χ0v) is 11.3. The van der Waals surface area contributed by atoms with Gasteiger partial charge in [-0.2, -0.15) is 12.6 Å². The Morgan fingerprint density at radius 2 is 1.20 bits per heavy atom. The lowest BCUT2D eigenvalue weighted by Crippen LogP contribution is -1.81. The topological polar surface area (TPSA) is 0 Å². The molecular weight excluding hydrogens is 200 g/mol. The zero-order chi connectivity index (χ0) is 11.2. The average molecular weight is 228 g/mol. The van der Waals surface area contributed by atoms with Gasteiger partial charge >= 0.3 is 0 Å². The summed E-state index contributed by atoms with van der Waals surface area (Å²) >= 11 is 4.04. The van der Waals surface area contributed by atoms with Crippen molar-refractivity contribution in [3.8, 4) is 0 Å². The predicted molar refractivity (Wildman–Crippen MR) is 74.6 cm³/mol. The first-order valence-corrected chi connectivity index (χ1v) is 7.22. The summed E-state index contributed by atoms with van der Waals surface area (Å²) in [5.41, 5.74) is 0. The molecule has 15 heavy (non-hydrogen) atoms. The maximum atomic E-state index is 4.04. The van der Waals surface area contributed by atoms with Crippen LogP contribution in [0.15, 0.2) is 11.5 Å². The molecule has 0 N–H and O–H groups in total. The number of hydrogen-bond acceptors (Lipinski definition) is 1. The lowest BCUT2D eigenvalue weighted by Gasteiger charge is -2.01. The lowest BCUT2D eigenvalue weighted by atomic mass is 10.1. The van der Waals surface area contributed by atoms with E-state index in [-0.39, 0.29) is 0 Å². The van der Waals surface area contributed by atoms with Crippen molar-refractivity contribution >= 4 is 12.6 Å². The molecular formula is C14H28S. The van der Waals surface area contributed by atoms with Crippen molar-refractivity contribution in [2.45, 2.75) is 77.6 Å². The van der Waals surface area contributed by atoms with Gasteiger partial charge in [0.05, 0.1) is 0 Å². The third-order valence-electron chi connectivity index (χ3n) is 2.83. The first-order chi connectivity index (χ1) is 7.41. The number of allylic oxidation sites excluding steroid dienone is 1. The third-order valence-corrected chi connectivity index (χ3v) is 3.04. The Morgan fingerprint density at radius 1 is 0.733 bits per heavy atom. The smallest absolute Gasteiger partial charge is 0.0343 e. The van der Waals surface area contributed by atoms with Gasteiger partial charge in [-0.25, -0.2) is 0 Å². The molecule has 0 atom stereocenters. The van der Waals surface area contributed by atoms with Crippen molar-refractivity contribution in [3.05, 3.63) is 11.5 Å². The van der Waals surface area contributed by atoms with Crippen LogP contribution in [0.5, 0.6) is 0 Å². The fourth-order valence-electron chi connectivity index (χ4n) is 1.82. The zero-order valence-electron chi connectivity index (χ0n) is 10.4. The van der Waals surface area contributed by atoms with Gasteiger partial charge in [0.25, 0.3) is 0 Å². The Kier molecular flexibility index (Phi) is 14.2. The molecule has 0 saturated heterocycles. The van der Waals surface area contributed by atoms with E-state index in [0.717, 1.165) is 0 Å². The van der Waals surface area contributed by atoms with E-state index in [1.165, 1.54) is 70.6 Å². The van der Waals surface area contributed by atoms with Crippen LogP contribution in [0.2, 0.25) is 0 Å². The number of thiol groups is 1. The molecule has 1 heteroatoms. The highest BCUT2D eigenvalue weighted by Gasteiger charge is 1.91. The Labute approximate surface area is 102 Å². The van der Waals surface area contributed by atoms with E-state index in [9.17, 15) is 0 Å². The van der Waals surface area contributed by atoms with Gasteiger partial charge in [0.15, 0.2) is 0 Å². The Balaban J connectivity index is 2.86. The second-order valence-electron chi connectivity index (χ2n) is 4.36. The van der Waals surface area contributed by atoms with E-state index >= 15 is 0 Å². The summed E-state index contributed by atoms with van der Waals surface area (Å²) in [6.07, 6.45) is 17.6. The molecule has 0 nitrogen and oxygen atoms in total. The van der Waals surface area contributed by atoms with Crippen LogP contribution in [0.3, 0.4) is 0 Å². The molecule has 0 radical (unpaired) electrons. The Hall–Kier alpha value is 0.0900. The molecule has 0 aromatic heterocycles. The van der Waals surface area contributed by atoms with Crippen LogP contribution >= 0.6 is 12.6 Å². The Morgan fingerprint density at radius 3 is 1.67 bits per heavy atom. The molecule has 90 valence electrons. The van der Waals surface area contributed by atoms with Crippen LogP contribution in [0.1, 0.15) is 77.6 Å². The predicted octanol–water partition coefficient (Wildman–Crippen LogP) is 5.74. The van der Waals surface area contributed by atoms with Gasteiger partial charge in [0, 0.05) is 0 Å². The molecule has 0 amide bonds. The molecule has 0 aromatic rings. The summed E-state index contributed by atoms with van der Waals surface area (Å²) in [5, 5.41) is 1.85. The highest BCUT2D eigenvalue weighted by molar-refractivity contribution is 7.83. The molecule has 0 unspecified atom stereocenters. The second-order valence-corrected chi connectivity index (χ2v) is 4.65. The molecule has 0 heterocycles. The summed E-state index contributed by atoms with van der Waals surface area (Å²) < 4.78 is 0. The van der Waals surface area contributed by atoms with Crippen LogP contribution in [0.4, 0.5) is 0 Å². The van der Waals surface area contributed by atoms with Crippen LogP contribution in [0, 0.1) is 0 Å². The van der Waals surface area contributed by atoms with Crippen LogP contribution in [0.25, 0.3) is 0 Å². The van der Waals surface area contributed by atoms with Crippen molar-refractivity contribution in [1.29, 1.82) is 0 Å². The molecule has 0 aliphatic rings. The maximum Gasteiger partial charge on any atom is -0.0343 e. The minimum Gasteiger partial charge on any atom is -0.152 e. The molecule has 0 bridgehead atoms. The van der Waals surface area contributed by atoms with E-state index in [1.54, 1.807) is 0 Å². The highest BCUT2D eigenvalue weighted by atomic mass is 32.1. The minimum atomic E-state index is 1.21. The summed E-state index contributed by atoms with van der Waals surface area (Å²) in [4.78, 5) is 0. The van der Waals surface area contributed by atoms with Gasteiger partial charge < -0.3 is 0 Å². The normalized spacial score (nSPS) is 11.3. The second kappa shape index (κ2) is 14.1. The SMILES string of the molecule is CCCCCCCCCCCCC=CS. The van der Waals surface area contributed by atoms with E-state index in [1.807, 2.05) is 5.41 Å². The van der Waals surface area contributed by atoms with Crippen molar-refractivity contribution < 1.29 is 0 Å². The molecule has 0 rings (SSSR count). The largest absolute Gasteiger partial charge is 0.152 e. The van der Waals surface area contributed by atoms with Gasteiger partial charge in [-0.15, -0.1) is 0 Å². The first kappa shape index (κ1) is 15.1. The van der Waals surface area contributed by atoms with Gasteiger partial charge in [0.1, 0.15) is 0 Å². The van der Waals surface area contributed by atoms with Crippen molar-refractivity contribution in [3.63, 3.8) is 0 Å². The number of rotatable bonds is 11. The Bertz CT molecular complexity index is 129. The fourth-order valence-corrected chi connectivity index (χ4v) is 1.97. The molecule has 0 aliphatic heterocycles. The van der Waals surface area contributed by atoms with Crippen LogP contribution < -0.4 is 0 Å². The van der Waals surface area contributed by atoms with E-state index in [4.69, 9.17) is 0 Å². The van der Waals surface area contributed by atoms with Gasteiger partial charge in [-0.3, -0.25) is 0 Å². The van der Waals surface area contributed by atoms with E-state index in [2.05, 4.69) is 25.6 Å².